The summed E-state index contributed by atoms with van der Waals surface area (Å²) in [6.07, 6.45) is 11.8. The first-order valence-corrected chi connectivity index (χ1v) is 25.8. The Balaban J connectivity index is 0.000000180. The molecule has 3 N–H and O–H groups in total. The number of carbonyl (C=O) groups is 3. The van der Waals surface area contributed by atoms with Gasteiger partial charge >= 0.3 is 11.9 Å². The van der Waals surface area contributed by atoms with E-state index in [0.29, 0.717) is 40.7 Å². The SMILES string of the molecule is CC(C)=Cc1sc(-c2nccs2)nc1C(=O)CCc1ccc(F)cc1.CC(C)=Cc1sc(-c2nccs2)nc1C(=O)O.COC(=O)c1nc(-c2nccs2)sc1C=C(C)C.NCc1ccc(F)cc1. The van der Waals surface area contributed by atoms with Crippen LogP contribution in [0.4, 0.5) is 8.78 Å². The highest BCUT2D eigenvalue weighted by Gasteiger charge is 2.21. The van der Waals surface area contributed by atoms with Crippen LogP contribution in [0.2, 0.25) is 0 Å². The van der Waals surface area contributed by atoms with Crippen LogP contribution >= 0.6 is 68.0 Å². The Bertz CT molecular complexity index is 3000. The zero-order chi connectivity index (χ0) is 50.0. The number of hydrogen-bond donors (Lipinski definition) is 2. The Morgan fingerprint density at radius 3 is 1.32 bits per heavy atom. The molecule has 12 nitrogen and oxygen atoms in total. The van der Waals surface area contributed by atoms with Crippen LogP contribution in [0, 0.1) is 11.6 Å². The third-order valence-corrected chi connectivity index (χ3v) is 14.4. The summed E-state index contributed by atoms with van der Waals surface area (Å²) in [7, 11) is 1.36. The monoisotopic (exact) mass is 1040 g/mol. The van der Waals surface area contributed by atoms with Gasteiger partial charge in [-0.1, -0.05) is 41.0 Å². The van der Waals surface area contributed by atoms with Crippen molar-refractivity contribution in [3.8, 4) is 30.0 Å². The number of hydrogen-bond acceptors (Lipinski definition) is 17. The van der Waals surface area contributed by atoms with E-state index in [9.17, 15) is 23.2 Å². The molecule has 8 rings (SSSR count). The number of carboxylic acids is 1. The molecule has 0 bridgehead atoms. The number of aromatic carboxylic acids is 1. The summed E-state index contributed by atoms with van der Waals surface area (Å²) >= 11 is 8.75. The number of methoxy groups -OCH3 is 1. The predicted molar refractivity (Wildman–Crippen MR) is 279 cm³/mol. The lowest BCUT2D eigenvalue weighted by molar-refractivity contribution is 0.0593. The quantitative estimate of drug-likeness (QED) is 0.0824. The van der Waals surface area contributed by atoms with Gasteiger partial charge in [0.05, 0.1) is 21.7 Å². The number of thiazole rings is 6. The van der Waals surface area contributed by atoms with Crippen molar-refractivity contribution in [2.24, 2.45) is 5.73 Å². The maximum Gasteiger partial charge on any atom is 0.358 e. The number of allylic oxidation sites excluding steroid dienone is 3. The van der Waals surface area contributed by atoms with Crippen LogP contribution < -0.4 is 5.73 Å². The molecule has 0 atom stereocenters. The minimum Gasteiger partial charge on any atom is -0.476 e. The number of ether oxygens (including phenoxy) is 1. The van der Waals surface area contributed by atoms with E-state index in [-0.39, 0.29) is 23.1 Å². The number of esters is 1. The molecule has 0 fully saturated rings. The van der Waals surface area contributed by atoms with E-state index in [0.717, 1.165) is 62.6 Å². The largest absolute Gasteiger partial charge is 0.476 e. The van der Waals surface area contributed by atoms with Gasteiger partial charge in [0.2, 0.25) is 0 Å². The fraction of sp³-hybridized carbons (Fsp3) is 0.204. The van der Waals surface area contributed by atoms with Crippen molar-refractivity contribution in [1.82, 2.24) is 29.9 Å². The second kappa shape index (κ2) is 26.6. The van der Waals surface area contributed by atoms with Crippen LogP contribution in [0.3, 0.4) is 0 Å². The van der Waals surface area contributed by atoms with E-state index in [2.05, 4.69) is 29.9 Å². The van der Waals surface area contributed by atoms with Gasteiger partial charge in [-0.05, 0) is 102 Å². The van der Waals surface area contributed by atoms with Gasteiger partial charge < -0.3 is 15.6 Å². The summed E-state index contributed by atoms with van der Waals surface area (Å²) < 4.78 is 29.9. The summed E-state index contributed by atoms with van der Waals surface area (Å²) in [6, 6.07) is 12.4. The normalized spacial score (nSPS) is 10.3. The topological polar surface area (TPSA) is 184 Å². The number of aromatic nitrogens is 6. The highest BCUT2D eigenvalue weighted by atomic mass is 32.1. The maximum atomic E-state index is 13.0. The van der Waals surface area contributed by atoms with Gasteiger partial charge in [0, 0.05) is 47.7 Å². The van der Waals surface area contributed by atoms with Gasteiger partial charge in [-0.25, -0.2) is 48.3 Å². The van der Waals surface area contributed by atoms with Crippen molar-refractivity contribution in [2.45, 2.75) is 60.9 Å². The lowest BCUT2D eigenvalue weighted by atomic mass is 10.1. The van der Waals surface area contributed by atoms with Crippen molar-refractivity contribution < 1.29 is 33.0 Å². The molecule has 6 aromatic heterocycles. The number of rotatable bonds is 13. The Morgan fingerprint density at radius 2 is 0.957 bits per heavy atom. The minimum atomic E-state index is -1.00. The number of aryl methyl sites for hydroxylation is 1. The molecule has 0 aliphatic carbocycles. The molecule has 20 heteroatoms. The molecule has 358 valence electrons. The molecule has 0 aliphatic heterocycles. The van der Waals surface area contributed by atoms with Crippen molar-refractivity contribution in [2.75, 3.05) is 7.11 Å². The first-order valence-electron chi connectivity index (χ1n) is 20.8. The Hall–Kier alpha value is -6.13. The lowest BCUT2D eigenvalue weighted by Crippen LogP contribution is -2.03. The smallest absolute Gasteiger partial charge is 0.358 e. The molecule has 6 heterocycles. The third kappa shape index (κ3) is 16.5. The van der Waals surface area contributed by atoms with Crippen LogP contribution in [0.15, 0.2) is 100.0 Å². The molecule has 0 saturated carbocycles. The average molecular weight is 1040 g/mol. The first-order chi connectivity index (χ1) is 33.0. The number of halogens is 2. The van der Waals surface area contributed by atoms with E-state index in [1.165, 1.54) is 99.4 Å². The van der Waals surface area contributed by atoms with E-state index in [1.807, 2.05) is 75.9 Å². The number of Topliss-reactive ketones (excluding diaryl/α,β-unsaturated/α-hetero) is 1. The van der Waals surface area contributed by atoms with Gasteiger partial charge in [-0.3, -0.25) is 4.79 Å². The van der Waals surface area contributed by atoms with Gasteiger partial charge in [0.25, 0.3) is 0 Å². The van der Waals surface area contributed by atoms with Crippen LogP contribution in [0.25, 0.3) is 48.3 Å². The highest BCUT2D eigenvalue weighted by Crippen LogP contribution is 2.34. The second-order valence-electron chi connectivity index (χ2n) is 15.0. The van der Waals surface area contributed by atoms with E-state index in [4.69, 9.17) is 15.6 Å². The Kier molecular flexibility index (Phi) is 20.7. The number of nitrogens with zero attached hydrogens (tertiary/aromatic N) is 6. The molecule has 0 spiro atoms. The highest BCUT2D eigenvalue weighted by molar-refractivity contribution is 7.22. The fourth-order valence-electron chi connectivity index (χ4n) is 5.58. The van der Waals surface area contributed by atoms with E-state index >= 15 is 0 Å². The van der Waals surface area contributed by atoms with Crippen molar-refractivity contribution in [1.29, 1.82) is 0 Å². The number of carbonyl (C=O) groups excluding carboxylic acids is 2. The summed E-state index contributed by atoms with van der Waals surface area (Å²) in [5.74, 6) is -1.91. The zero-order valence-electron chi connectivity index (χ0n) is 38.5. The molecule has 0 saturated heterocycles. The summed E-state index contributed by atoms with van der Waals surface area (Å²) in [5.41, 5.74) is 11.4. The molecule has 69 heavy (non-hydrogen) atoms. The molecule has 0 radical (unpaired) electrons. The molecule has 2 aromatic carbocycles. The Labute approximate surface area is 422 Å². The summed E-state index contributed by atoms with van der Waals surface area (Å²) in [4.78, 5) is 63.4. The predicted octanol–water partition coefficient (Wildman–Crippen LogP) is 13.8. The van der Waals surface area contributed by atoms with Crippen LogP contribution in [-0.4, -0.2) is 59.8 Å². The number of carboxylic acid groups (broad SMARTS) is 1. The molecule has 0 unspecified atom stereocenters. The van der Waals surface area contributed by atoms with Gasteiger partial charge in [-0.15, -0.1) is 68.0 Å². The summed E-state index contributed by atoms with van der Waals surface area (Å²) in [6.45, 7) is 12.3. The van der Waals surface area contributed by atoms with Gasteiger partial charge in [-0.2, -0.15) is 0 Å². The first kappa shape index (κ1) is 53.8. The standard InChI is InChI=1S/C19H17FN2OS2.C12H12N2O2S2.C11H10N2O2S2.C7H8FN/c1-12(2)11-16-17(22-19(25-16)18-21-9-10-24-18)15(23)8-5-13-3-6-14(20)7-4-13;1-7(2)6-8-9(12(15)16-3)14-11(18-8)10-13-4-5-17-10;1-6(2)5-7-8(11(14)15)13-10(17-7)9-12-3-4-16-9;8-7-3-1-6(5-9)2-4-7/h3-4,6-7,9-11H,5,8H2,1-2H3;4-6H,1-3H3;3-5H,1-2H3,(H,14,15);1-4H,5,9H2. The average Bonchev–Trinajstić information content (AvgIpc) is 4.17. The van der Waals surface area contributed by atoms with Crippen LogP contribution in [0.1, 0.15) is 105 Å². The maximum absolute atomic E-state index is 13.0. The third-order valence-electron chi connectivity index (χ3n) is 8.61. The number of nitrogens with two attached hydrogens (primary N) is 1. The van der Waals surface area contributed by atoms with E-state index < -0.39 is 11.9 Å². The van der Waals surface area contributed by atoms with Gasteiger partial charge in [0.1, 0.15) is 17.3 Å². The van der Waals surface area contributed by atoms with Crippen LogP contribution in [0.5, 0.6) is 0 Å². The Morgan fingerprint density at radius 1 is 0.580 bits per heavy atom. The minimum absolute atomic E-state index is 0.00381. The van der Waals surface area contributed by atoms with Crippen LogP contribution in [-0.2, 0) is 17.7 Å². The van der Waals surface area contributed by atoms with Crippen molar-refractivity contribution >= 4 is 104 Å². The molecular weight excluding hydrogens is 997 g/mol. The summed E-state index contributed by atoms with van der Waals surface area (Å²) in [5, 5.41) is 19.3. The molecule has 0 amide bonds. The van der Waals surface area contributed by atoms with E-state index in [1.54, 1.807) is 42.9 Å². The molecule has 8 aromatic rings. The van der Waals surface area contributed by atoms with Gasteiger partial charge in [0.15, 0.2) is 47.2 Å². The number of ketones is 1. The molecular formula is C49H47F2N7O5S6. The fourth-order valence-corrected chi connectivity index (χ4v) is 11.0. The number of benzene rings is 2. The van der Waals surface area contributed by atoms with Crippen molar-refractivity contribution in [3.63, 3.8) is 0 Å². The second-order valence-corrected chi connectivity index (χ2v) is 20.8. The molecule has 0 aliphatic rings. The lowest BCUT2D eigenvalue weighted by Gasteiger charge is -2.01. The van der Waals surface area contributed by atoms with Crippen molar-refractivity contribution in [3.05, 3.63) is 154 Å². The zero-order valence-corrected chi connectivity index (χ0v) is 43.4.